The predicted octanol–water partition coefficient (Wildman–Crippen LogP) is 7.63. The summed E-state index contributed by atoms with van der Waals surface area (Å²) in [6.45, 7) is 6.94. The molecule has 0 bridgehead atoms. The van der Waals surface area contributed by atoms with E-state index >= 15 is 0 Å². The monoisotopic (exact) mass is 474 g/mol. The predicted molar refractivity (Wildman–Crippen MR) is 139 cm³/mol. The van der Waals surface area contributed by atoms with E-state index in [2.05, 4.69) is 32.2 Å². The Morgan fingerprint density at radius 3 is 2.48 bits per heavy atom. The zero-order chi connectivity index (χ0) is 23.4. The molecule has 1 aliphatic rings. The molecule has 1 aromatic heterocycles. The van der Waals surface area contributed by atoms with Crippen molar-refractivity contribution in [2.45, 2.75) is 56.6 Å². The van der Waals surface area contributed by atoms with Crippen LogP contribution in [0.1, 0.15) is 60.4 Å². The molecule has 1 N–H and O–H groups in total. The van der Waals surface area contributed by atoms with E-state index in [0.717, 1.165) is 41.7 Å². The summed E-state index contributed by atoms with van der Waals surface area (Å²) in [5, 5.41) is 13.4. The van der Waals surface area contributed by atoms with Gasteiger partial charge in [0, 0.05) is 9.77 Å². The number of thiophene rings is 1. The largest absolute Gasteiger partial charge is 0.315 e. The van der Waals surface area contributed by atoms with Crippen molar-refractivity contribution in [1.29, 1.82) is 5.26 Å². The van der Waals surface area contributed by atoms with Crippen molar-refractivity contribution < 1.29 is 4.79 Å². The topological polar surface area (TPSA) is 52.9 Å². The summed E-state index contributed by atoms with van der Waals surface area (Å²) < 4.78 is 0. The van der Waals surface area contributed by atoms with E-state index in [0.29, 0.717) is 16.5 Å². The zero-order valence-corrected chi connectivity index (χ0v) is 21.1. The summed E-state index contributed by atoms with van der Waals surface area (Å²) in [4.78, 5) is 15.8. The number of thioether (sulfide) groups is 1. The minimum Gasteiger partial charge on any atom is -0.315 e. The molecule has 4 rings (SSSR count). The van der Waals surface area contributed by atoms with Crippen LogP contribution in [-0.4, -0.2) is 5.91 Å². The molecule has 0 radical (unpaired) electrons. The number of nitrogens with zero attached hydrogens (tertiary/aromatic N) is 1. The van der Waals surface area contributed by atoms with Crippen LogP contribution in [0, 0.1) is 22.7 Å². The first-order valence-corrected chi connectivity index (χ1v) is 13.2. The number of hydrogen-bond donors (Lipinski definition) is 1. The van der Waals surface area contributed by atoms with Crippen molar-refractivity contribution in [1.82, 2.24) is 0 Å². The molecule has 2 atom stereocenters. The Bertz CT molecular complexity index is 1150. The Morgan fingerprint density at radius 2 is 1.85 bits per heavy atom. The lowest BCUT2D eigenvalue weighted by Gasteiger charge is -2.36. The van der Waals surface area contributed by atoms with Crippen molar-refractivity contribution >= 4 is 34.0 Å². The van der Waals surface area contributed by atoms with Gasteiger partial charge in [0.15, 0.2) is 0 Å². The number of rotatable bonds is 7. The molecule has 1 heterocycles. The molecule has 0 aliphatic heterocycles. The molecule has 2 unspecified atom stereocenters. The maximum absolute atomic E-state index is 13.5. The van der Waals surface area contributed by atoms with Crippen molar-refractivity contribution in [2.24, 2.45) is 11.3 Å². The fraction of sp³-hybridized carbons (Fsp3) is 0.357. The average molecular weight is 475 g/mol. The third kappa shape index (κ3) is 5.18. The highest BCUT2D eigenvalue weighted by molar-refractivity contribution is 8.00. The maximum atomic E-state index is 13.5. The lowest BCUT2D eigenvalue weighted by molar-refractivity contribution is -0.115. The number of fused-ring (bicyclic) bond motifs is 1. The highest BCUT2D eigenvalue weighted by atomic mass is 32.2. The number of carbonyl (C=O) groups excluding carboxylic acids is 1. The fourth-order valence-electron chi connectivity index (χ4n) is 4.46. The van der Waals surface area contributed by atoms with Gasteiger partial charge in [0.05, 0.1) is 5.56 Å². The molecule has 3 aromatic rings. The smallest absolute Gasteiger partial charge is 0.243 e. The van der Waals surface area contributed by atoms with E-state index in [1.54, 1.807) is 11.3 Å². The number of benzene rings is 2. The highest BCUT2D eigenvalue weighted by Gasteiger charge is 2.34. The van der Waals surface area contributed by atoms with Crippen molar-refractivity contribution in [2.75, 3.05) is 5.32 Å². The van der Waals surface area contributed by atoms with Crippen molar-refractivity contribution in [3.63, 3.8) is 0 Å². The first-order valence-electron chi connectivity index (χ1n) is 11.5. The Balaban J connectivity index is 1.61. The van der Waals surface area contributed by atoms with Gasteiger partial charge in [-0.25, -0.2) is 0 Å². The summed E-state index contributed by atoms with van der Waals surface area (Å²) >= 11 is 3.13. The second-order valence-electron chi connectivity index (χ2n) is 9.31. The van der Waals surface area contributed by atoms with Gasteiger partial charge in [0.1, 0.15) is 16.3 Å². The van der Waals surface area contributed by atoms with Gasteiger partial charge in [-0.15, -0.1) is 23.1 Å². The number of hydrogen-bond acceptors (Lipinski definition) is 4. The molecule has 0 spiro atoms. The van der Waals surface area contributed by atoms with Gasteiger partial charge in [0.25, 0.3) is 0 Å². The molecule has 3 nitrogen and oxygen atoms in total. The van der Waals surface area contributed by atoms with E-state index < -0.39 is 5.25 Å². The summed E-state index contributed by atoms with van der Waals surface area (Å²) in [7, 11) is 0. The number of amides is 1. The van der Waals surface area contributed by atoms with Crippen LogP contribution in [0.4, 0.5) is 5.00 Å². The summed E-state index contributed by atoms with van der Waals surface area (Å²) in [6, 6.07) is 22.2. The number of nitrogens with one attached hydrogen (secondary N) is 1. The lowest BCUT2D eigenvalue weighted by Crippen LogP contribution is -2.28. The van der Waals surface area contributed by atoms with E-state index in [1.807, 2.05) is 60.7 Å². The van der Waals surface area contributed by atoms with Crippen LogP contribution >= 0.6 is 23.1 Å². The third-order valence-electron chi connectivity index (χ3n) is 6.97. The van der Waals surface area contributed by atoms with Gasteiger partial charge in [-0.2, -0.15) is 5.26 Å². The molecule has 170 valence electrons. The summed E-state index contributed by atoms with van der Waals surface area (Å²) in [6.07, 6.45) is 4.15. The van der Waals surface area contributed by atoms with Gasteiger partial charge in [-0.05, 0) is 53.9 Å². The van der Waals surface area contributed by atoms with Crippen LogP contribution in [0.5, 0.6) is 0 Å². The fourth-order valence-corrected chi connectivity index (χ4v) is 6.79. The molecule has 2 aromatic carbocycles. The van der Waals surface area contributed by atoms with Crippen LogP contribution in [0.15, 0.2) is 65.6 Å². The van der Waals surface area contributed by atoms with Gasteiger partial charge in [-0.3, -0.25) is 4.79 Å². The SMILES string of the molecule is CCC(C)(C)C1CCc2c(sc(NC(=O)C(Sc3ccccc3)c3ccccc3)c2C#N)C1. The Labute approximate surface area is 205 Å². The van der Waals surface area contributed by atoms with Crippen molar-refractivity contribution in [3.8, 4) is 6.07 Å². The van der Waals surface area contributed by atoms with E-state index in [-0.39, 0.29) is 11.3 Å². The minimum absolute atomic E-state index is 0.0874. The van der Waals surface area contributed by atoms with Crippen LogP contribution in [-0.2, 0) is 17.6 Å². The van der Waals surface area contributed by atoms with E-state index in [1.165, 1.54) is 16.6 Å². The van der Waals surface area contributed by atoms with Crippen LogP contribution in [0.25, 0.3) is 0 Å². The Kier molecular flexibility index (Phi) is 7.26. The third-order valence-corrected chi connectivity index (χ3v) is 9.40. The van der Waals surface area contributed by atoms with Gasteiger partial charge < -0.3 is 5.32 Å². The second-order valence-corrected chi connectivity index (χ2v) is 11.6. The first kappa shape index (κ1) is 23.6. The normalized spacial score (nSPS) is 16.5. The van der Waals surface area contributed by atoms with Crippen molar-refractivity contribution in [3.05, 3.63) is 82.2 Å². The Hall–Kier alpha value is -2.55. The molecule has 1 aliphatic carbocycles. The van der Waals surface area contributed by atoms with E-state index in [9.17, 15) is 10.1 Å². The number of anilines is 1. The summed E-state index contributed by atoms with van der Waals surface area (Å²) in [5.41, 5.74) is 3.04. The minimum atomic E-state index is -0.397. The highest BCUT2D eigenvalue weighted by Crippen LogP contribution is 2.46. The molecule has 0 fully saturated rings. The van der Waals surface area contributed by atoms with Gasteiger partial charge in [0.2, 0.25) is 5.91 Å². The molecule has 0 saturated carbocycles. The average Bonchev–Trinajstić information content (AvgIpc) is 3.19. The maximum Gasteiger partial charge on any atom is 0.243 e. The summed E-state index contributed by atoms with van der Waals surface area (Å²) in [5.74, 6) is 0.519. The number of carbonyl (C=O) groups is 1. The first-order chi connectivity index (χ1) is 15.9. The quantitative estimate of drug-likeness (QED) is 0.358. The Morgan fingerprint density at radius 1 is 1.18 bits per heavy atom. The zero-order valence-electron chi connectivity index (χ0n) is 19.4. The van der Waals surface area contributed by atoms with Gasteiger partial charge in [-0.1, -0.05) is 75.7 Å². The molecule has 33 heavy (non-hydrogen) atoms. The van der Waals surface area contributed by atoms with Crippen LogP contribution in [0.3, 0.4) is 0 Å². The van der Waals surface area contributed by atoms with Crippen LogP contribution < -0.4 is 5.32 Å². The van der Waals surface area contributed by atoms with E-state index in [4.69, 9.17) is 0 Å². The standard InChI is InChI=1S/C28H30N2OS2/c1-4-28(2,3)20-15-16-22-23(18-29)27(33-24(22)17-20)30-26(31)25(19-11-7-5-8-12-19)32-21-13-9-6-10-14-21/h5-14,20,25H,4,15-17H2,1-3H3,(H,30,31). The van der Waals surface area contributed by atoms with Crippen LogP contribution in [0.2, 0.25) is 0 Å². The molecule has 1 amide bonds. The number of nitriles is 1. The van der Waals surface area contributed by atoms with Gasteiger partial charge >= 0.3 is 0 Å². The molecular weight excluding hydrogens is 444 g/mol. The molecule has 5 heteroatoms. The molecular formula is C28H30N2OS2. The second kappa shape index (κ2) is 10.2. The molecule has 0 saturated heterocycles. The lowest BCUT2D eigenvalue weighted by atomic mass is 9.69.